The molecule has 0 radical (unpaired) electrons. The van der Waals surface area contributed by atoms with Gasteiger partial charge in [-0.15, -0.1) is 0 Å². The predicted octanol–water partition coefficient (Wildman–Crippen LogP) is 4.07. The maximum absolute atomic E-state index is 13.2. The van der Waals surface area contributed by atoms with Gasteiger partial charge in [0.25, 0.3) is 0 Å². The molecule has 0 spiro atoms. The van der Waals surface area contributed by atoms with Crippen LogP contribution in [0.2, 0.25) is 5.02 Å². The molecule has 1 aromatic carbocycles. The fraction of sp³-hybridized carbons (Fsp3) is 0.538. The largest absolute Gasteiger partial charge is 0.313 e. The third-order valence-corrected chi connectivity index (χ3v) is 3.88. The zero-order valence-corrected chi connectivity index (χ0v) is 10.5. The summed E-state index contributed by atoms with van der Waals surface area (Å²) in [6, 6.07) is 2.26. The Hall–Kier alpha value is -0.670. The average molecular weight is 260 g/mol. The Bertz CT molecular complexity index is 405. The summed E-state index contributed by atoms with van der Waals surface area (Å²) < 4.78 is 26.2. The lowest BCUT2D eigenvalue weighted by Crippen LogP contribution is -2.23. The van der Waals surface area contributed by atoms with Crippen molar-refractivity contribution in [2.75, 3.05) is 7.05 Å². The van der Waals surface area contributed by atoms with Crippen LogP contribution in [0.15, 0.2) is 12.1 Å². The topological polar surface area (TPSA) is 12.0 Å². The third-order valence-electron chi connectivity index (χ3n) is 3.56. The lowest BCUT2D eigenvalue weighted by atomic mass is 9.79. The van der Waals surface area contributed by atoms with Gasteiger partial charge in [0.2, 0.25) is 0 Å². The minimum atomic E-state index is -0.891. The van der Waals surface area contributed by atoms with Crippen molar-refractivity contribution in [2.45, 2.75) is 31.7 Å². The van der Waals surface area contributed by atoms with E-state index in [0.717, 1.165) is 12.5 Å². The molecule has 0 saturated heterocycles. The van der Waals surface area contributed by atoms with Gasteiger partial charge in [-0.25, -0.2) is 8.78 Å². The maximum Gasteiger partial charge on any atom is 0.160 e. The van der Waals surface area contributed by atoms with Crippen molar-refractivity contribution < 1.29 is 8.78 Å². The molecule has 1 nitrogen and oxygen atoms in total. The molecular formula is C13H16ClF2N. The fourth-order valence-corrected chi connectivity index (χ4v) is 2.55. The molecule has 1 aromatic rings. The molecule has 1 N–H and O–H groups in total. The van der Waals surface area contributed by atoms with E-state index in [1.54, 1.807) is 0 Å². The van der Waals surface area contributed by atoms with Gasteiger partial charge in [0, 0.05) is 11.1 Å². The zero-order valence-electron chi connectivity index (χ0n) is 9.77. The minimum absolute atomic E-state index is 0.00269. The summed E-state index contributed by atoms with van der Waals surface area (Å²) in [5, 5.41) is 3.43. The Morgan fingerprint density at radius 3 is 2.53 bits per heavy atom. The van der Waals surface area contributed by atoms with E-state index in [4.69, 9.17) is 11.6 Å². The van der Waals surface area contributed by atoms with Crippen molar-refractivity contribution in [1.82, 2.24) is 5.32 Å². The molecule has 1 aliphatic carbocycles. The normalized spacial score (nSPS) is 17.9. The number of hydrogen-bond acceptors (Lipinski definition) is 1. The van der Waals surface area contributed by atoms with Crippen molar-refractivity contribution in [3.8, 4) is 0 Å². The Kier molecular flexibility index (Phi) is 4.00. The van der Waals surface area contributed by atoms with Crippen LogP contribution in [0.1, 0.15) is 37.3 Å². The second-order valence-electron chi connectivity index (χ2n) is 4.66. The second-order valence-corrected chi connectivity index (χ2v) is 5.07. The molecule has 1 atom stereocenters. The molecular weight excluding hydrogens is 244 g/mol. The standard InChI is InChI=1S/C13H16ClF2N/c1-17-13(5-8-3-2-4-8)9-6-11(15)12(16)7-10(9)14/h6-8,13,17H,2-5H2,1H3. The summed E-state index contributed by atoms with van der Waals surface area (Å²) in [5.74, 6) is -1.05. The van der Waals surface area contributed by atoms with Crippen LogP contribution in [0.3, 0.4) is 0 Å². The third kappa shape index (κ3) is 2.78. The molecule has 1 fully saturated rings. The molecule has 1 unspecified atom stereocenters. The Morgan fingerprint density at radius 2 is 2.00 bits per heavy atom. The van der Waals surface area contributed by atoms with E-state index in [9.17, 15) is 8.78 Å². The Balaban J connectivity index is 2.19. The van der Waals surface area contributed by atoms with Gasteiger partial charge >= 0.3 is 0 Å². The van der Waals surface area contributed by atoms with Gasteiger partial charge in [-0.3, -0.25) is 0 Å². The van der Waals surface area contributed by atoms with Crippen LogP contribution in [0.25, 0.3) is 0 Å². The van der Waals surface area contributed by atoms with E-state index in [1.807, 2.05) is 7.05 Å². The average Bonchev–Trinajstić information content (AvgIpc) is 2.23. The van der Waals surface area contributed by atoms with Gasteiger partial charge in [0.15, 0.2) is 11.6 Å². The van der Waals surface area contributed by atoms with E-state index < -0.39 is 11.6 Å². The van der Waals surface area contributed by atoms with Crippen LogP contribution in [-0.4, -0.2) is 7.05 Å². The van der Waals surface area contributed by atoms with Crippen LogP contribution >= 0.6 is 11.6 Å². The Morgan fingerprint density at radius 1 is 1.35 bits per heavy atom. The molecule has 17 heavy (non-hydrogen) atoms. The first-order valence-corrected chi connectivity index (χ1v) is 6.31. The predicted molar refractivity (Wildman–Crippen MR) is 65.1 cm³/mol. The smallest absolute Gasteiger partial charge is 0.160 e. The van der Waals surface area contributed by atoms with Gasteiger partial charge in [-0.05, 0) is 37.1 Å². The summed E-state index contributed by atoms with van der Waals surface area (Å²) in [7, 11) is 1.82. The van der Waals surface area contributed by atoms with E-state index in [2.05, 4.69) is 5.32 Å². The highest BCUT2D eigenvalue weighted by Gasteiger charge is 2.24. The number of nitrogens with one attached hydrogen (secondary N) is 1. The highest BCUT2D eigenvalue weighted by Crippen LogP contribution is 2.36. The summed E-state index contributed by atoms with van der Waals surface area (Å²) in [5.41, 5.74) is 0.653. The minimum Gasteiger partial charge on any atom is -0.313 e. The number of hydrogen-bond donors (Lipinski definition) is 1. The summed E-state index contributed by atoms with van der Waals surface area (Å²) in [6.45, 7) is 0. The zero-order chi connectivity index (χ0) is 12.4. The van der Waals surface area contributed by atoms with E-state index in [0.29, 0.717) is 16.5 Å². The lowest BCUT2D eigenvalue weighted by Gasteiger charge is -2.30. The van der Waals surface area contributed by atoms with Crippen LogP contribution in [0.4, 0.5) is 8.78 Å². The van der Waals surface area contributed by atoms with E-state index in [1.165, 1.54) is 25.3 Å². The lowest BCUT2D eigenvalue weighted by molar-refractivity contribution is 0.265. The molecule has 0 bridgehead atoms. The molecule has 0 heterocycles. The molecule has 0 aromatic heterocycles. The van der Waals surface area contributed by atoms with Gasteiger partial charge in [0.1, 0.15) is 0 Å². The number of rotatable bonds is 4. The molecule has 1 aliphatic rings. The van der Waals surface area contributed by atoms with Crippen molar-refractivity contribution in [3.05, 3.63) is 34.4 Å². The van der Waals surface area contributed by atoms with E-state index in [-0.39, 0.29) is 6.04 Å². The van der Waals surface area contributed by atoms with E-state index >= 15 is 0 Å². The van der Waals surface area contributed by atoms with Crippen molar-refractivity contribution >= 4 is 11.6 Å². The monoisotopic (exact) mass is 259 g/mol. The van der Waals surface area contributed by atoms with Crippen LogP contribution in [-0.2, 0) is 0 Å². The SMILES string of the molecule is CNC(CC1CCC1)c1cc(F)c(F)cc1Cl. The molecule has 94 valence electrons. The molecule has 0 aliphatic heterocycles. The van der Waals surface area contributed by atoms with Crippen LogP contribution in [0, 0.1) is 17.6 Å². The highest BCUT2D eigenvalue weighted by atomic mass is 35.5. The summed E-state index contributed by atoms with van der Waals surface area (Å²) in [6.07, 6.45) is 4.65. The second kappa shape index (κ2) is 5.32. The Labute approximate surface area is 105 Å². The van der Waals surface area contributed by atoms with Crippen molar-refractivity contribution in [1.29, 1.82) is 0 Å². The maximum atomic E-state index is 13.2. The summed E-state index contributed by atoms with van der Waals surface area (Å²) in [4.78, 5) is 0. The van der Waals surface area contributed by atoms with Crippen LogP contribution < -0.4 is 5.32 Å². The van der Waals surface area contributed by atoms with Gasteiger partial charge in [0.05, 0.1) is 0 Å². The molecule has 1 saturated carbocycles. The first kappa shape index (κ1) is 12.8. The number of halogens is 3. The van der Waals surface area contributed by atoms with Gasteiger partial charge < -0.3 is 5.32 Å². The van der Waals surface area contributed by atoms with Gasteiger partial charge in [-0.2, -0.15) is 0 Å². The van der Waals surface area contributed by atoms with Crippen molar-refractivity contribution in [3.63, 3.8) is 0 Å². The van der Waals surface area contributed by atoms with Gasteiger partial charge in [-0.1, -0.05) is 30.9 Å². The summed E-state index contributed by atoms with van der Waals surface area (Å²) >= 11 is 5.97. The first-order chi connectivity index (χ1) is 8.11. The highest BCUT2D eigenvalue weighted by molar-refractivity contribution is 6.31. The molecule has 4 heteroatoms. The van der Waals surface area contributed by atoms with Crippen LogP contribution in [0.5, 0.6) is 0 Å². The quantitative estimate of drug-likeness (QED) is 0.804. The first-order valence-electron chi connectivity index (χ1n) is 5.93. The van der Waals surface area contributed by atoms with Crippen molar-refractivity contribution in [2.24, 2.45) is 5.92 Å². The molecule has 2 rings (SSSR count). The fourth-order valence-electron chi connectivity index (χ4n) is 2.27. The molecule has 0 amide bonds. The number of benzene rings is 1.